The molecule has 3 aromatic rings. The molecule has 0 atom stereocenters. The fraction of sp³-hybridized carbons (Fsp3) is 0.528. The largest absolute Gasteiger partial charge is 0.481 e. The van der Waals surface area contributed by atoms with Crippen molar-refractivity contribution in [3.8, 4) is 0 Å². The van der Waals surface area contributed by atoms with Crippen LogP contribution < -0.4 is 14.7 Å². The molecule has 1 N–H and O–H groups in total. The lowest BCUT2D eigenvalue weighted by molar-refractivity contribution is -0.143. The van der Waals surface area contributed by atoms with E-state index in [0.717, 1.165) is 25.0 Å². The number of ether oxygens (including phenoxy) is 1. The zero-order valence-corrected chi connectivity index (χ0v) is 28.9. The maximum Gasteiger partial charge on any atom is 0.416 e. The summed E-state index contributed by atoms with van der Waals surface area (Å²) in [5, 5.41) is 9.19. The molecule has 2 heterocycles. The molecule has 1 aliphatic carbocycles. The second kappa shape index (κ2) is 16.4. The van der Waals surface area contributed by atoms with E-state index in [1.165, 1.54) is 23.4 Å². The second-order valence-electron chi connectivity index (χ2n) is 13.5. The summed E-state index contributed by atoms with van der Waals surface area (Å²) < 4.78 is 131. The van der Waals surface area contributed by atoms with Crippen molar-refractivity contribution in [1.82, 2.24) is 9.97 Å². The van der Waals surface area contributed by atoms with E-state index in [4.69, 9.17) is 4.74 Å². The van der Waals surface area contributed by atoms with Crippen LogP contribution in [0.3, 0.4) is 0 Å². The van der Waals surface area contributed by atoms with E-state index in [1.807, 2.05) is 16.7 Å². The van der Waals surface area contributed by atoms with E-state index >= 15 is 0 Å². The van der Waals surface area contributed by atoms with Gasteiger partial charge in [0.2, 0.25) is 5.95 Å². The first-order valence-electron chi connectivity index (χ1n) is 17.3. The average Bonchev–Trinajstić information content (AvgIpc) is 3.10. The number of rotatable bonds is 12. The van der Waals surface area contributed by atoms with Gasteiger partial charge in [-0.25, -0.2) is 9.97 Å². The molecule has 1 aromatic heterocycles. The molecular formula is C36H40F9N5O3. The average molecular weight is 762 g/mol. The monoisotopic (exact) mass is 761 g/mol. The third-order valence-electron chi connectivity index (χ3n) is 9.70. The van der Waals surface area contributed by atoms with Gasteiger partial charge in [0.1, 0.15) is 0 Å². The van der Waals surface area contributed by atoms with Crippen molar-refractivity contribution in [2.75, 3.05) is 54.1 Å². The Morgan fingerprint density at radius 3 is 1.89 bits per heavy atom. The molecule has 2 fully saturated rings. The Balaban J connectivity index is 1.53. The first-order valence-corrected chi connectivity index (χ1v) is 17.3. The van der Waals surface area contributed by atoms with E-state index in [9.17, 15) is 49.4 Å². The van der Waals surface area contributed by atoms with E-state index < -0.39 is 59.8 Å². The number of hydrogen-bond acceptors (Lipinski definition) is 7. The van der Waals surface area contributed by atoms with Crippen LogP contribution in [0.1, 0.15) is 66.8 Å². The number of morpholine rings is 1. The van der Waals surface area contributed by atoms with E-state index in [-0.39, 0.29) is 35.8 Å². The number of alkyl halides is 9. The number of carbonyl (C=O) groups is 1. The van der Waals surface area contributed by atoms with Crippen LogP contribution in [0.5, 0.6) is 0 Å². The van der Waals surface area contributed by atoms with E-state index in [1.54, 1.807) is 0 Å². The molecule has 1 aliphatic heterocycles. The van der Waals surface area contributed by atoms with Gasteiger partial charge in [-0.15, -0.1) is 0 Å². The number of benzene rings is 2. The first kappa shape index (κ1) is 39.9. The molecule has 0 radical (unpaired) electrons. The van der Waals surface area contributed by atoms with Crippen molar-refractivity contribution in [2.45, 2.75) is 70.6 Å². The van der Waals surface area contributed by atoms with Crippen LogP contribution in [0.4, 0.5) is 56.8 Å². The van der Waals surface area contributed by atoms with Crippen molar-refractivity contribution in [1.29, 1.82) is 0 Å². The molecule has 1 saturated carbocycles. The highest BCUT2D eigenvalue weighted by Crippen LogP contribution is 2.39. The molecule has 0 unspecified atom stereocenters. The minimum atomic E-state index is -5.11. The van der Waals surface area contributed by atoms with Crippen LogP contribution in [-0.4, -0.2) is 60.4 Å². The van der Waals surface area contributed by atoms with E-state index in [0.29, 0.717) is 75.7 Å². The van der Waals surface area contributed by atoms with Gasteiger partial charge in [-0.05, 0) is 92.0 Å². The third kappa shape index (κ3) is 10.7. The van der Waals surface area contributed by atoms with Crippen molar-refractivity contribution >= 4 is 23.3 Å². The van der Waals surface area contributed by atoms with Crippen LogP contribution in [-0.2, 0) is 41.1 Å². The Bertz CT molecular complexity index is 1650. The number of hydrogen-bond donors (Lipinski definition) is 1. The molecule has 53 heavy (non-hydrogen) atoms. The fourth-order valence-electron chi connectivity index (χ4n) is 6.97. The second-order valence-corrected chi connectivity index (χ2v) is 13.5. The Morgan fingerprint density at radius 2 is 1.36 bits per heavy atom. The van der Waals surface area contributed by atoms with Gasteiger partial charge in [-0.3, -0.25) is 4.79 Å². The van der Waals surface area contributed by atoms with Gasteiger partial charge >= 0.3 is 24.5 Å². The Kier molecular flexibility index (Phi) is 12.3. The third-order valence-corrected chi connectivity index (χ3v) is 9.70. The maximum absolute atomic E-state index is 14.1. The zero-order chi connectivity index (χ0) is 38.6. The number of carboxylic acid groups (broad SMARTS) is 1. The highest BCUT2D eigenvalue weighted by atomic mass is 19.4. The van der Waals surface area contributed by atoms with Crippen LogP contribution in [0.25, 0.3) is 0 Å². The molecule has 0 amide bonds. The normalized spacial score (nSPS) is 18.6. The summed E-state index contributed by atoms with van der Waals surface area (Å²) in [5.74, 6) is -0.830. The Labute approximate surface area is 300 Å². The number of aliphatic carboxylic acids is 1. The van der Waals surface area contributed by atoms with Gasteiger partial charge in [0.25, 0.3) is 0 Å². The van der Waals surface area contributed by atoms with Gasteiger partial charge in [-0.1, -0.05) is 0 Å². The summed E-state index contributed by atoms with van der Waals surface area (Å²) in [5.41, 5.74) is -3.32. The molecule has 0 spiro atoms. The molecule has 290 valence electrons. The highest BCUT2D eigenvalue weighted by Gasteiger charge is 2.37. The lowest BCUT2D eigenvalue weighted by Gasteiger charge is -2.35. The number of halogens is 9. The summed E-state index contributed by atoms with van der Waals surface area (Å²) in [4.78, 5) is 25.1. The molecule has 17 heteroatoms. The summed E-state index contributed by atoms with van der Waals surface area (Å²) >= 11 is 0. The Hall–Kier alpha value is -4.28. The molecule has 5 rings (SSSR count). The van der Waals surface area contributed by atoms with Gasteiger partial charge in [0, 0.05) is 51.4 Å². The SMILES string of the molecule is CCN(C[C@H]1CC[C@H](CC(=O)O)CC1)c1ccc(C(F)(F)F)cc1CN(Cc1cc(C(F)(F)F)cc(C(F)(F)F)c1)c1ncc(N2CCOCC2)cn1. The summed E-state index contributed by atoms with van der Waals surface area (Å²) in [6.07, 6.45) is -9.20. The number of carboxylic acids is 1. The van der Waals surface area contributed by atoms with Crippen LogP contribution in [0.2, 0.25) is 0 Å². The summed E-state index contributed by atoms with van der Waals surface area (Å²) in [7, 11) is 0. The van der Waals surface area contributed by atoms with Gasteiger partial charge in [0.15, 0.2) is 0 Å². The first-order chi connectivity index (χ1) is 24.9. The zero-order valence-electron chi connectivity index (χ0n) is 28.9. The predicted molar refractivity (Wildman–Crippen MR) is 178 cm³/mol. The lowest BCUT2D eigenvalue weighted by atomic mass is 9.80. The number of anilines is 3. The standard InChI is InChI=1S/C36H40F9N5O3/c1-2-48(20-24-5-3-23(4-6-24)15-32(51)52)31-8-7-27(34(37,38)39)16-26(31)22-50(33-46-18-30(19-47-33)49-9-11-53-12-10-49)21-25-13-28(35(40,41)42)17-29(14-25)36(43,44)45/h7-8,13-14,16-19,23-24H,2-6,9-12,15,20-22H2,1H3,(H,51,52)/t23-,24-. The molecule has 1 saturated heterocycles. The minimum absolute atomic E-state index is 0.0145. The highest BCUT2D eigenvalue weighted by molar-refractivity contribution is 5.67. The minimum Gasteiger partial charge on any atom is -0.481 e. The van der Waals surface area contributed by atoms with Crippen molar-refractivity contribution in [3.05, 3.63) is 76.6 Å². The van der Waals surface area contributed by atoms with E-state index in [2.05, 4.69) is 9.97 Å². The van der Waals surface area contributed by atoms with Crippen LogP contribution >= 0.6 is 0 Å². The summed E-state index contributed by atoms with van der Waals surface area (Å²) in [6.45, 7) is 3.60. The fourth-order valence-corrected chi connectivity index (χ4v) is 6.97. The van der Waals surface area contributed by atoms with Crippen molar-refractivity contribution in [3.63, 3.8) is 0 Å². The van der Waals surface area contributed by atoms with Crippen LogP contribution in [0.15, 0.2) is 48.8 Å². The maximum atomic E-state index is 14.1. The Morgan fingerprint density at radius 1 is 0.792 bits per heavy atom. The van der Waals surface area contributed by atoms with Gasteiger partial charge in [0.05, 0.1) is 48.0 Å². The predicted octanol–water partition coefficient (Wildman–Crippen LogP) is 8.68. The van der Waals surface area contributed by atoms with Crippen molar-refractivity contribution < 1.29 is 54.2 Å². The quantitative estimate of drug-likeness (QED) is 0.184. The topological polar surface area (TPSA) is 82.0 Å². The van der Waals surface area contributed by atoms with Gasteiger partial charge in [-0.2, -0.15) is 39.5 Å². The number of nitrogens with zero attached hydrogens (tertiary/aromatic N) is 5. The molecule has 0 bridgehead atoms. The van der Waals surface area contributed by atoms with Crippen LogP contribution in [0, 0.1) is 11.8 Å². The lowest BCUT2D eigenvalue weighted by Crippen LogP contribution is -2.36. The van der Waals surface area contributed by atoms with Crippen molar-refractivity contribution in [2.24, 2.45) is 11.8 Å². The molecular weight excluding hydrogens is 721 g/mol. The smallest absolute Gasteiger partial charge is 0.416 e. The number of aromatic nitrogens is 2. The summed E-state index contributed by atoms with van der Waals surface area (Å²) in [6, 6.07) is 4.37. The molecule has 2 aliphatic rings. The molecule has 8 nitrogen and oxygen atoms in total. The van der Waals surface area contributed by atoms with Gasteiger partial charge < -0.3 is 24.5 Å². The molecule has 2 aromatic carbocycles.